The van der Waals surface area contributed by atoms with Gasteiger partial charge in [-0.25, -0.2) is 18.7 Å². The predicted molar refractivity (Wildman–Crippen MR) is 323 cm³/mol. The lowest BCUT2D eigenvalue weighted by molar-refractivity contribution is -0.144. The number of aromatic nitrogens is 4. The summed E-state index contributed by atoms with van der Waals surface area (Å²) in [6.07, 6.45) is 17.6. The molecule has 6 aromatic rings. The minimum Gasteiger partial charge on any atom is -0.508 e. The number of phenols is 1. The minimum absolute atomic E-state index is 0.0356. The van der Waals surface area contributed by atoms with Gasteiger partial charge >= 0.3 is 0 Å². The summed E-state index contributed by atoms with van der Waals surface area (Å²) >= 11 is 1.61. The Labute approximate surface area is 489 Å². The summed E-state index contributed by atoms with van der Waals surface area (Å²) in [5.41, 5.74) is 4.51. The second kappa shape index (κ2) is 25.2. The molecule has 5 aliphatic rings. The van der Waals surface area contributed by atoms with E-state index in [1.807, 2.05) is 45.3 Å². The molecule has 0 radical (unpaired) electrons. The molecule has 438 valence electrons. The molecule has 11 rings (SSSR count). The number of likely N-dealkylation sites (tertiary alicyclic amines) is 1. The summed E-state index contributed by atoms with van der Waals surface area (Å²) in [6.45, 7) is 16.4. The summed E-state index contributed by atoms with van der Waals surface area (Å²) in [6, 6.07) is 13.0. The number of fused-ring (bicyclic) bond motifs is 4. The summed E-state index contributed by atoms with van der Waals surface area (Å²) in [5.74, 6) is 2.25. The van der Waals surface area contributed by atoms with Crippen molar-refractivity contribution in [2.45, 2.75) is 129 Å². The zero-order valence-corrected chi connectivity index (χ0v) is 49.1. The molecule has 3 amide bonds. The van der Waals surface area contributed by atoms with Gasteiger partial charge in [-0.05, 0) is 110 Å². The molecule has 3 aromatic carbocycles. The highest BCUT2D eigenvalue weighted by Crippen LogP contribution is 2.44. The summed E-state index contributed by atoms with van der Waals surface area (Å²) in [5, 5.41) is 25.2. The smallest absolute Gasteiger partial charge is 0.246 e. The Kier molecular flexibility index (Phi) is 17.6. The normalized spacial score (nSPS) is 20.7. The van der Waals surface area contributed by atoms with Crippen LogP contribution in [0.25, 0.3) is 43.4 Å². The predicted octanol–water partition coefficient (Wildman–Crippen LogP) is 9.03. The van der Waals surface area contributed by atoms with Gasteiger partial charge in [0.2, 0.25) is 23.7 Å². The molecular formula is C64H78F2N12O4S. The lowest BCUT2D eigenvalue weighted by atomic mass is 9.85. The highest BCUT2D eigenvalue weighted by Gasteiger charge is 2.48. The molecule has 4 saturated heterocycles. The Morgan fingerprint density at radius 1 is 0.880 bits per heavy atom. The van der Waals surface area contributed by atoms with Crippen LogP contribution in [-0.4, -0.2) is 147 Å². The number of carbonyl (C=O) groups excluding carboxylic acids is 3. The number of carbonyl (C=O) groups is 3. The number of anilines is 2. The van der Waals surface area contributed by atoms with Gasteiger partial charge in [-0.1, -0.05) is 76.3 Å². The molecule has 5 fully saturated rings. The number of rotatable bonds is 21. The van der Waals surface area contributed by atoms with Gasteiger partial charge in [0, 0.05) is 101 Å². The molecule has 5 N–H and O–H groups in total. The molecule has 19 heteroatoms. The van der Waals surface area contributed by atoms with Crippen LogP contribution >= 0.6 is 11.3 Å². The fraction of sp³-hybridized carbons (Fsp3) is 0.516. The molecule has 1 aliphatic carbocycles. The number of aromatic hydroxyl groups is 1. The van der Waals surface area contributed by atoms with Crippen LogP contribution in [0.3, 0.4) is 0 Å². The number of terminal acetylenes is 1. The van der Waals surface area contributed by atoms with Crippen molar-refractivity contribution >= 4 is 62.5 Å². The van der Waals surface area contributed by atoms with E-state index >= 15 is 8.78 Å². The number of aryl methyl sites for hydroxylation is 1. The number of nitrogens with one attached hydrogen (secondary N) is 4. The van der Waals surface area contributed by atoms with Gasteiger partial charge < -0.3 is 41.1 Å². The third-order valence-corrected chi connectivity index (χ3v) is 18.7. The summed E-state index contributed by atoms with van der Waals surface area (Å²) in [7, 11) is 0. The number of hydrogen-bond donors (Lipinski definition) is 5. The van der Waals surface area contributed by atoms with Crippen LogP contribution in [0.15, 0.2) is 60.2 Å². The van der Waals surface area contributed by atoms with Crippen molar-refractivity contribution in [3.05, 3.63) is 88.7 Å². The molecule has 5 atom stereocenters. The van der Waals surface area contributed by atoms with Gasteiger partial charge in [-0.3, -0.25) is 24.3 Å². The van der Waals surface area contributed by atoms with Crippen molar-refractivity contribution in [1.29, 1.82) is 0 Å². The zero-order valence-electron chi connectivity index (χ0n) is 48.3. The van der Waals surface area contributed by atoms with Crippen LogP contribution < -0.4 is 26.2 Å². The number of benzene rings is 3. The van der Waals surface area contributed by atoms with Crippen LogP contribution in [0.4, 0.5) is 20.5 Å². The van der Waals surface area contributed by atoms with E-state index in [1.54, 1.807) is 22.4 Å². The molecule has 83 heavy (non-hydrogen) atoms. The van der Waals surface area contributed by atoms with Crippen molar-refractivity contribution in [2.75, 3.05) is 75.7 Å². The fourth-order valence-corrected chi connectivity index (χ4v) is 13.8. The molecule has 7 heterocycles. The number of hydrogen-bond acceptors (Lipinski definition) is 14. The summed E-state index contributed by atoms with van der Waals surface area (Å²) in [4.78, 5) is 70.6. The van der Waals surface area contributed by atoms with Gasteiger partial charge in [0.15, 0.2) is 5.82 Å². The van der Waals surface area contributed by atoms with Crippen LogP contribution in [-0.2, 0) is 20.9 Å². The van der Waals surface area contributed by atoms with Crippen molar-refractivity contribution in [1.82, 2.24) is 50.6 Å². The lowest BCUT2D eigenvalue weighted by Crippen LogP contribution is -2.57. The second-order valence-corrected chi connectivity index (χ2v) is 25.6. The third kappa shape index (κ3) is 13.3. The highest BCUT2D eigenvalue weighted by atomic mass is 32.1. The summed E-state index contributed by atoms with van der Waals surface area (Å²) < 4.78 is 32.1. The van der Waals surface area contributed by atoms with Crippen molar-refractivity contribution in [3.8, 4) is 39.8 Å². The standard InChI is InChI=1S/C64H78F2N12O4S/c1-6-48-51(65)22-19-43-30-47(79)32-49(54(43)48)56-55(66)57-50(34-68-56)60(77-36-45-20-21-46(37-77)71-45)74-63(73-57)67-23-25-76-28-26-75(27-29-76)24-11-9-7-8-10-12-53(80)72-59(64(3,4)5)62(82)78-35-44(41-17-18-41)31-52(78)61(81)69-33-40-13-15-42(16-14-40)58-39(2)70-38-83-58/h1,13-16,19,22,30,32,34,38,41,44-46,52,59,71,79H,7-12,17-18,20-21,23-29,31,33,35-37H2,2-5H3,(H,69,81)(H,72,80)(H,67,73,74)/t44-,45?,46?,52?,59-/m1/s1. The first-order chi connectivity index (χ1) is 40.1. The number of piperazine rings is 2. The quantitative estimate of drug-likeness (QED) is 0.0340. The van der Waals surface area contributed by atoms with E-state index in [1.165, 1.54) is 24.3 Å². The van der Waals surface area contributed by atoms with Crippen molar-refractivity contribution in [2.24, 2.45) is 17.3 Å². The maximum Gasteiger partial charge on any atom is 0.246 e. The maximum atomic E-state index is 17.1. The molecule has 1 saturated carbocycles. The van der Waals surface area contributed by atoms with Crippen molar-refractivity contribution in [3.63, 3.8) is 0 Å². The van der Waals surface area contributed by atoms with E-state index in [2.05, 4.69) is 64.0 Å². The van der Waals surface area contributed by atoms with E-state index < -0.39 is 29.1 Å². The van der Waals surface area contributed by atoms with Gasteiger partial charge in [-0.2, -0.15) is 4.98 Å². The van der Waals surface area contributed by atoms with Crippen LogP contribution in [0.5, 0.6) is 5.75 Å². The number of pyridine rings is 1. The number of unbranched alkanes of at least 4 members (excludes halogenated alkanes) is 4. The minimum atomic E-state index is -0.745. The van der Waals surface area contributed by atoms with Gasteiger partial charge in [-0.15, -0.1) is 17.8 Å². The van der Waals surface area contributed by atoms with E-state index in [9.17, 15) is 19.5 Å². The van der Waals surface area contributed by atoms with Crippen LogP contribution in [0.1, 0.15) is 108 Å². The lowest BCUT2D eigenvalue weighted by Gasteiger charge is -2.35. The molecule has 2 bridgehead atoms. The molecule has 0 spiro atoms. The Balaban J connectivity index is 0.624. The first kappa shape index (κ1) is 57.9. The first-order valence-electron chi connectivity index (χ1n) is 29.9. The molecule has 3 unspecified atom stereocenters. The Bertz CT molecular complexity index is 3380. The molecular weight excluding hydrogens is 1070 g/mol. The van der Waals surface area contributed by atoms with Gasteiger partial charge in [0.1, 0.15) is 40.7 Å². The molecule has 16 nitrogen and oxygen atoms in total. The third-order valence-electron chi connectivity index (χ3n) is 17.7. The van der Waals surface area contributed by atoms with E-state index in [0.29, 0.717) is 73.0 Å². The maximum absolute atomic E-state index is 17.1. The monoisotopic (exact) mass is 1150 g/mol. The van der Waals surface area contributed by atoms with Crippen LogP contribution in [0.2, 0.25) is 0 Å². The number of phenolic OH excluding ortho intramolecular Hbond substituents is 1. The highest BCUT2D eigenvalue weighted by molar-refractivity contribution is 7.13. The van der Waals surface area contributed by atoms with Gasteiger partial charge in [0.05, 0.1) is 27.0 Å². The van der Waals surface area contributed by atoms with E-state index in [4.69, 9.17) is 16.4 Å². The number of amides is 3. The SMILES string of the molecule is C#Cc1c(F)ccc2cc(O)cc(-c3ncc4c(N5CC6CCC(C5)N6)nc(NCCN5CCN(CCCCCCCC(=O)N[C@H](C(=O)N6C[C@H](C7CC7)CC6C(=O)NCc6ccc(-c7scnc7C)cc6)C(C)(C)C)CC5)nc4c3F)c12. The topological polar surface area (TPSA) is 184 Å². The molecule has 3 aromatic heterocycles. The Hall–Kier alpha value is -6.85. The van der Waals surface area contributed by atoms with Gasteiger partial charge in [0.25, 0.3) is 0 Å². The number of thiazole rings is 1. The van der Waals surface area contributed by atoms with Crippen LogP contribution in [0, 0.1) is 48.2 Å². The Morgan fingerprint density at radius 2 is 1.60 bits per heavy atom. The number of nitrogens with zero attached hydrogens (tertiary/aromatic N) is 8. The number of halogens is 2. The average Bonchev–Trinajstić information content (AvgIpc) is 3.32. The Morgan fingerprint density at radius 3 is 2.30 bits per heavy atom. The van der Waals surface area contributed by atoms with E-state index in [0.717, 1.165) is 132 Å². The first-order valence-corrected chi connectivity index (χ1v) is 30.8. The fourth-order valence-electron chi connectivity index (χ4n) is 13.0. The molecule has 4 aliphatic heterocycles. The zero-order chi connectivity index (χ0) is 57.9. The van der Waals surface area contributed by atoms with E-state index in [-0.39, 0.29) is 57.1 Å². The average molecular weight is 1150 g/mol. The van der Waals surface area contributed by atoms with Crippen molar-refractivity contribution < 1.29 is 28.3 Å². The largest absolute Gasteiger partial charge is 0.508 e. The second-order valence-electron chi connectivity index (χ2n) is 24.8.